The van der Waals surface area contributed by atoms with Crippen molar-refractivity contribution >= 4 is 15.9 Å². The summed E-state index contributed by atoms with van der Waals surface area (Å²) in [7, 11) is -2.17. The lowest BCUT2D eigenvalue weighted by molar-refractivity contribution is -0.132. The van der Waals surface area contributed by atoms with Crippen LogP contribution in [0, 0.1) is 23.7 Å². The molecule has 0 spiro atoms. The minimum atomic E-state index is -3.93. The van der Waals surface area contributed by atoms with Crippen molar-refractivity contribution in [3.05, 3.63) is 53.9 Å². The molecular weight excluding hydrogens is 466 g/mol. The molecule has 3 atom stereocenters. The smallest absolute Gasteiger partial charge is 0.247 e. The molecule has 2 aromatic rings. The number of hydrogen-bond donors (Lipinski definition) is 1. The van der Waals surface area contributed by atoms with Gasteiger partial charge in [0.25, 0.3) is 0 Å². The van der Waals surface area contributed by atoms with E-state index in [2.05, 4.69) is 16.8 Å². The zero-order valence-electron chi connectivity index (χ0n) is 20.2. The molecule has 0 saturated heterocycles. The van der Waals surface area contributed by atoms with Crippen molar-refractivity contribution in [3.63, 3.8) is 0 Å². The fraction of sp³-hybridized carbons (Fsp3) is 0.462. The van der Waals surface area contributed by atoms with E-state index in [1.54, 1.807) is 49.5 Å². The average Bonchev–Trinajstić information content (AvgIpc) is 3.70. The number of ether oxygens (including phenoxy) is 1. The van der Waals surface area contributed by atoms with E-state index in [1.165, 1.54) is 10.4 Å². The van der Waals surface area contributed by atoms with Gasteiger partial charge in [-0.05, 0) is 50.1 Å². The topological polar surface area (TPSA) is 100 Å². The van der Waals surface area contributed by atoms with Crippen LogP contribution in [-0.2, 0) is 14.8 Å². The Kier molecular flexibility index (Phi) is 7.45. The highest BCUT2D eigenvalue weighted by Crippen LogP contribution is 2.35. The molecule has 1 amide bonds. The minimum absolute atomic E-state index is 0.0257. The summed E-state index contributed by atoms with van der Waals surface area (Å²) in [5.74, 6) is 6.21. The van der Waals surface area contributed by atoms with Crippen LogP contribution in [-0.4, -0.2) is 72.5 Å². The van der Waals surface area contributed by atoms with Crippen LogP contribution in [0.25, 0.3) is 0 Å². The van der Waals surface area contributed by atoms with E-state index in [1.807, 2.05) is 13.0 Å². The maximum absolute atomic E-state index is 13.6. The first-order chi connectivity index (χ1) is 16.7. The summed E-state index contributed by atoms with van der Waals surface area (Å²) < 4.78 is 34.8. The number of carbonyl (C=O) groups excluding carboxylic acids is 1. The SMILES string of the molecule is C[C@H](CO)N1C[C@H](C)[C@H](CN(C)C(=O)C2CC2)Oc2cc(C#Cc3cccnc3)ccc2S1(=O)=O. The van der Waals surface area contributed by atoms with Crippen LogP contribution in [0.15, 0.2) is 47.6 Å². The number of aliphatic hydroxyl groups excluding tert-OH is 1. The summed E-state index contributed by atoms with van der Waals surface area (Å²) in [4.78, 5) is 18.3. The number of fused-ring (bicyclic) bond motifs is 1. The number of amides is 1. The predicted molar refractivity (Wildman–Crippen MR) is 131 cm³/mol. The number of benzene rings is 1. The third-order valence-electron chi connectivity index (χ3n) is 6.44. The van der Waals surface area contributed by atoms with Gasteiger partial charge in [-0.1, -0.05) is 18.8 Å². The number of hydrogen-bond acceptors (Lipinski definition) is 6. The Bertz CT molecular complexity index is 1230. The van der Waals surface area contributed by atoms with E-state index in [9.17, 15) is 18.3 Å². The Morgan fingerprint density at radius 3 is 2.69 bits per heavy atom. The summed E-state index contributed by atoms with van der Waals surface area (Å²) in [5.41, 5.74) is 1.33. The first-order valence-electron chi connectivity index (χ1n) is 11.8. The molecule has 1 saturated carbocycles. The van der Waals surface area contributed by atoms with Gasteiger partial charge in [-0.3, -0.25) is 9.78 Å². The molecule has 186 valence electrons. The lowest BCUT2D eigenvalue weighted by Gasteiger charge is -2.37. The van der Waals surface area contributed by atoms with Crippen LogP contribution in [0.1, 0.15) is 37.8 Å². The third-order valence-corrected chi connectivity index (χ3v) is 8.46. The molecule has 0 unspecified atom stereocenters. The van der Waals surface area contributed by atoms with E-state index < -0.39 is 22.2 Å². The zero-order chi connectivity index (χ0) is 25.2. The molecule has 1 aliphatic heterocycles. The Morgan fingerprint density at radius 1 is 1.29 bits per heavy atom. The molecule has 4 rings (SSSR count). The van der Waals surface area contributed by atoms with Crippen molar-refractivity contribution in [1.29, 1.82) is 0 Å². The molecule has 1 aromatic carbocycles. The van der Waals surface area contributed by atoms with E-state index >= 15 is 0 Å². The minimum Gasteiger partial charge on any atom is -0.487 e. The van der Waals surface area contributed by atoms with E-state index in [0.717, 1.165) is 18.4 Å². The Balaban J connectivity index is 1.72. The second-order valence-electron chi connectivity index (χ2n) is 9.39. The fourth-order valence-corrected chi connectivity index (χ4v) is 5.93. The van der Waals surface area contributed by atoms with Crippen LogP contribution in [0.3, 0.4) is 0 Å². The number of nitrogens with zero attached hydrogens (tertiary/aromatic N) is 3. The summed E-state index contributed by atoms with van der Waals surface area (Å²) in [6.07, 6.45) is 4.70. The van der Waals surface area contributed by atoms with Crippen molar-refractivity contribution < 1.29 is 23.1 Å². The zero-order valence-corrected chi connectivity index (χ0v) is 21.0. The number of likely N-dealkylation sites (N-methyl/N-ethyl adjacent to an activating group) is 1. The number of pyridine rings is 1. The Hall–Kier alpha value is -2.93. The van der Waals surface area contributed by atoms with Crippen molar-refractivity contribution in [2.45, 2.75) is 43.7 Å². The molecule has 1 aromatic heterocycles. The normalized spacial score (nSPS) is 22.4. The summed E-state index contributed by atoms with van der Waals surface area (Å²) in [5, 5.41) is 9.78. The molecule has 0 radical (unpaired) electrons. The molecule has 1 aliphatic carbocycles. The molecular formula is C26H31N3O5S. The van der Waals surface area contributed by atoms with Crippen molar-refractivity contribution in [3.8, 4) is 17.6 Å². The molecule has 2 heterocycles. The van der Waals surface area contributed by atoms with Gasteiger partial charge in [-0.25, -0.2) is 8.42 Å². The van der Waals surface area contributed by atoms with Crippen LogP contribution in [0.4, 0.5) is 0 Å². The molecule has 0 bridgehead atoms. The summed E-state index contributed by atoms with van der Waals surface area (Å²) in [6, 6.07) is 7.81. The van der Waals surface area contributed by atoms with Crippen LogP contribution < -0.4 is 4.74 Å². The van der Waals surface area contributed by atoms with E-state index in [-0.39, 0.29) is 41.5 Å². The van der Waals surface area contributed by atoms with Gasteiger partial charge in [0.2, 0.25) is 15.9 Å². The van der Waals surface area contributed by atoms with Crippen LogP contribution >= 0.6 is 0 Å². The van der Waals surface area contributed by atoms with Gasteiger partial charge in [0.1, 0.15) is 16.7 Å². The summed E-state index contributed by atoms with van der Waals surface area (Å²) in [6.45, 7) is 3.79. The highest BCUT2D eigenvalue weighted by Gasteiger charge is 2.39. The van der Waals surface area contributed by atoms with Gasteiger partial charge in [0.15, 0.2) is 0 Å². The first-order valence-corrected chi connectivity index (χ1v) is 13.2. The molecule has 35 heavy (non-hydrogen) atoms. The second kappa shape index (κ2) is 10.4. The van der Waals surface area contributed by atoms with Gasteiger partial charge in [0, 0.05) is 55.0 Å². The second-order valence-corrected chi connectivity index (χ2v) is 11.2. The third kappa shape index (κ3) is 5.67. The number of aromatic nitrogens is 1. The lowest BCUT2D eigenvalue weighted by atomic mass is 10.0. The molecule has 1 fully saturated rings. The van der Waals surface area contributed by atoms with Gasteiger partial charge >= 0.3 is 0 Å². The van der Waals surface area contributed by atoms with Crippen molar-refractivity contribution in [2.24, 2.45) is 11.8 Å². The number of aliphatic hydroxyl groups is 1. The van der Waals surface area contributed by atoms with E-state index in [0.29, 0.717) is 12.1 Å². The maximum Gasteiger partial charge on any atom is 0.247 e. The van der Waals surface area contributed by atoms with E-state index in [4.69, 9.17) is 4.74 Å². The Labute approximate surface area is 207 Å². The predicted octanol–water partition coefficient (Wildman–Crippen LogP) is 2.12. The average molecular weight is 498 g/mol. The lowest BCUT2D eigenvalue weighted by Crippen LogP contribution is -2.50. The van der Waals surface area contributed by atoms with Crippen LogP contribution in [0.5, 0.6) is 5.75 Å². The molecule has 1 N–H and O–H groups in total. The van der Waals surface area contributed by atoms with Crippen LogP contribution in [0.2, 0.25) is 0 Å². The number of sulfonamides is 1. The van der Waals surface area contributed by atoms with Crippen molar-refractivity contribution in [2.75, 3.05) is 26.7 Å². The van der Waals surface area contributed by atoms with Gasteiger partial charge in [-0.2, -0.15) is 4.31 Å². The monoisotopic (exact) mass is 497 g/mol. The Morgan fingerprint density at radius 2 is 2.03 bits per heavy atom. The molecule has 8 nitrogen and oxygen atoms in total. The molecule has 2 aliphatic rings. The van der Waals surface area contributed by atoms with Gasteiger partial charge < -0.3 is 14.7 Å². The summed E-state index contributed by atoms with van der Waals surface area (Å²) >= 11 is 0. The number of rotatable bonds is 5. The fourth-order valence-electron chi connectivity index (χ4n) is 4.10. The molecule has 9 heteroatoms. The highest BCUT2D eigenvalue weighted by molar-refractivity contribution is 7.89. The largest absolute Gasteiger partial charge is 0.487 e. The standard InChI is InChI=1S/C26H31N3O5S/c1-18-15-29(19(2)17-30)35(32,33)25-11-8-20(6-7-21-5-4-12-27-14-21)13-23(25)34-24(18)16-28(3)26(31)22-9-10-22/h4-5,8,11-14,18-19,22,24,30H,9-10,15-17H2,1-3H3/t18-,19+,24-/m0/s1. The van der Waals surface area contributed by atoms with Gasteiger partial charge in [0.05, 0.1) is 13.2 Å². The van der Waals surface area contributed by atoms with Gasteiger partial charge in [-0.15, -0.1) is 0 Å². The highest BCUT2D eigenvalue weighted by atomic mass is 32.2. The first kappa shape index (κ1) is 25.2. The quantitative estimate of drug-likeness (QED) is 0.636. The van der Waals surface area contributed by atoms with Crippen molar-refractivity contribution in [1.82, 2.24) is 14.2 Å². The number of carbonyl (C=O) groups is 1. The maximum atomic E-state index is 13.6.